The molecule has 8 nitrogen and oxygen atoms in total. The number of nitrogens with one attached hydrogen (secondary N) is 1. The van der Waals surface area contributed by atoms with Gasteiger partial charge in [0.1, 0.15) is 11.5 Å². The predicted molar refractivity (Wildman–Crippen MR) is 126 cm³/mol. The van der Waals surface area contributed by atoms with E-state index in [0.717, 1.165) is 22.4 Å². The molecule has 4 aromatic rings. The smallest absolute Gasteiger partial charge is 0.277 e. The van der Waals surface area contributed by atoms with Crippen LogP contribution in [0.25, 0.3) is 11.3 Å². The molecule has 0 bridgehead atoms. The van der Waals surface area contributed by atoms with Crippen LogP contribution in [0, 0.1) is 6.92 Å². The third kappa shape index (κ3) is 5.24. The predicted octanol–water partition coefficient (Wildman–Crippen LogP) is 3.36. The van der Waals surface area contributed by atoms with Gasteiger partial charge >= 0.3 is 0 Å². The molecule has 2 heterocycles. The summed E-state index contributed by atoms with van der Waals surface area (Å²) in [5.74, 6) is 0.116. The van der Waals surface area contributed by atoms with E-state index in [4.69, 9.17) is 9.84 Å². The summed E-state index contributed by atoms with van der Waals surface area (Å²) in [4.78, 5) is 25.0. The molecule has 0 aliphatic heterocycles. The first kappa shape index (κ1) is 22.2. The van der Waals surface area contributed by atoms with E-state index in [2.05, 4.69) is 10.4 Å². The number of hydrogen-bond acceptors (Lipinski definition) is 5. The number of benzene rings is 2. The Hall–Kier alpha value is -4.04. The van der Waals surface area contributed by atoms with Gasteiger partial charge in [0, 0.05) is 24.8 Å². The van der Waals surface area contributed by atoms with Crippen LogP contribution in [-0.2, 0) is 17.8 Å². The van der Waals surface area contributed by atoms with Crippen molar-refractivity contribution in [2.24, 2.45) is 0 Å². The van der Waals surface area contributed by atoms with Gasteiger partial charge in [0.05, 0.1) is 25.4 Å². The maximum atomic E-state index is 13.0. The van der Waals surface area contributed by atoms with Crippen LogP contribution in [0.1, 0.15) is 21.6 Å². The molecule has 2 aromatic carbocycles. The zero-order valence-electron chi connectivity index (χ0n) is 18.6. The maximum Gasteiger partial charge on any atom is 0.277 e. The van der Waals surface area contributed by atoms with Crippen molar-refractivity contribution in [3.05, 3.63) is 100.0 Å². The highest BCUT2D eigenvalue weighted by molar-refractivity contribution is 6.02. The van der Waals surface area contributed by atoms with Gasteiger partial charge in [0.2, 0.25) is 0 Å². The van der Waals surface area contributed by atoms with Crippen LogP contribution >= 0.6 is 0 Å². The van der Waals surface area contributed by atoms with E-state index >= 15 is 0 Å². The van der Waals surface area contributed by atoms with E-state index in [9.17, 15) is 9.59 Å². The summed E-state index contributed by atoms with van der Waals surface area (Å²) in [6.07, 6.45) is 0. The maximum absolute atomic E-state index is 13.0. The lowest BCUT2D eigenvalue weighted by molar-refractivity contribution is 0.101. The van der Waals surface area contributed by atoms with Crippen molar-refractivity contribution in [1.29, 1.82) is 0 Å². The molecule has 0 aliphatic rings. The molecule has 0 saturated heterocycles. The molecule has 4 rings (SSSR count). The number of aryl methyl sites for hydroxylation is 1. The van der Waals surface area contributed by atoms with Crippen molar-refractivity contribution in [1.82, 2.24) is 19.6 Å². The summed E-state index contributed by atoms with van der Waals surface area (Å²) in [6, 6.07) is 22.5. The largest absolute Gasteiger partial charge is 0.383 e. The first-order valence-corrected chi connectivity index (χ1v) is 10.6. The number of hydrogen-bond donors (Lipinski definition) is 1. The van der Waals surface area contributed by atoms with Crippen molar-refractivity contribution >= 4 is 11.7 Å². The summed E-state index contributed by atoms with van der Waals surface area (Å²) in [5.41, 5.74) is 3.74. The second-order valence-electron chi connectivity index (χ2n) is 7.60. The van der Waals surface area contributed by atoms with E-state index in [-0.39, 0.29) is 17.8 Å². The van der Waals surface area contributed by atoms with Gasteiger partial charge in [-0.2, -0.15) is 10.2 Å². The fourth-order valence-corrected chi connectivity index (χ4v) is 3.47. The molecule has 33 heavy (non-hydrogen) atoms. The van der Waals surface area contributed by atoms with E-state index in [0.29, 0.717) is 19.0 Å². The molecular weight excluding hydrogens is 418 g/mol. The Morgan fingerprint density at radius 3 is 2.48 bits per heavy atom. The minimum absolute atomic E-state index is 0.135. The van der Waals surface area contributed by atoms with E-state index in [1.165, 1.54) is 16.8 Å². The van der Waals surface area contributed by atoms with Gasteiger partial charge in [-0.15, -0.1) is 0 Å². The second kappa shape index (κ2) is 10.1. The van der Waals surface area contributed by atoms with E-state index < -0.39 is 5.91 Å². The zero-order valence-corrected chi connectivity index (χ0v) is 18.6. The fourth-order valence-electron chi connectivity index (χ4n) is 3.47. The lowest BCUT2D eigenvalue weighted by Crippen LogP contribution is -2.28. The zero-order chi connectivity index (χ0) is 23.2. The van der Waals surface area contributed by atoms with Gasteiger partial charge in [-0.1, -0.05) is 54.6 Å². The molecule has 0 saturated carbocycles. The first-order chi connectivity index (χ1) is 16.0. The van der Waals surface area contributed by atoms with Crippen molar-refractivity contribution in [2.75, 3.05) is 19.0 Å². The molecular formula is C25H25N5O3. The molecule has 168 valence electrons. The third-order valence-corrected chi connectivity index (χ3v) is 5.22. The van der Waals surface area contributed by atoms with E-state index in [1.807, 2.05) is 67.6 Å². The summed E-state index contributed by atoms with van der Waals surface area (Å²) in [7, 11) is 1.54. The molecule has 2 aromatic heterocycles. The minimum atomic E-state index is -0.424. The number of aromatic nitrogens is 4. The Bertz CT molecular complexity index is 1310. The van der Waals surface area contributed by atoms with Crippen molar-refractivity contribution in [2.45, 2.75) is 20.0 Å². The number of anilines is 1. The molecule has 0 fully saturated rings. The van der Waals surface area contributed by atoms with Crippen LogP contribution in [0.5, 0.6) is 0 Å². The lowest BCUT2D eigenvalue weighted by Gasteiger charge is -2.10. The summed E-state index contributed by atoms with van der Waals surface area (Å²) in [5, 5.41) is 11.9. The standard InChI is InChI=1S/C25H25N5O3/c1-18-8-6-7-11-20(18)22-16-23(30(28-22)17-19-9-4-3-5-10-19)26-25(32)21-12-13-24(31)29(27-21)14-15-33-2/h3-13,16H,14-15,17H2,1-2H3,(H,26,32). The highest BCUT2D eigenvalue weighted by atomic mass is 16.5. The first-order valence-electron chi connectivity index (χ1n) is 10.6. The number of carbonyl (C=O) groups is 1. The number of methoxy groups -OCH3 is 1. The highest BCUT2D eigenvalue weighted by Gasteiger charge is 2.16. The van der Waals surface area contributed by atoms with Crippen LogP contribution < -0.4 is 10.9 Å². The van der Waals surface area contributed by atoms with Gasteiger partial charge < -0.3 is 10.1 Å². The van der Waals surface area contributed by atoms with Crippen molar-refractivity contribution < 1.29 is 9.53 Å². The molecule has 0 atom stereocenters. The molecule has 1 amide bonds. The van der Waals surface area contributed by atoms with Gasteiger partial charge in [-0.25, -0.2) is 9.36 Å². The van der Waals surface area contributed by atoms with Gasteiger partial charge in [0.15, 0.2) is 0 Å². The lowest BCUT2D eigenvalue weighted by atomic mass is 10.1. The van der Waals surface area contributed by atoms with Crippen LogP contribution in [0.2, 0.25) is 0 Å². The molecule has 0 spiro atoms. The Morgan fingerprint density at radius 2 is 1.73 bits per heavy atom. The number of nitrogens with zero attached hydrogens (tertiary/aromatic N) is 4. The highest BCUT2D eigenvalue weighted by Crippen LogP contribution is 2.25. The van der Waals surface area contributed by atoms with Crippen LogP contribution in [0.3, 0.4) is 0 Å². The van der Waals surface area contributed by atoms with Crippen LogP contribution in [-0.4, -0.2) is 39.2 Å². The number of amides is 1. The molecule has 0 aliphatic carbocycles. The van der Waals surface area contributed by atoms with Crippen LogP contribution in [0.15, 0.2) is 77.6 Å². The van der Waals surface area contributed by atoms with Gasteiger partial charge in [0.25, 0.3) is 11.5 Å². The van der Waals surface area contributed by atoms with Crippen LogP contribution in [0.4, 0.5) is 5.82 Å². The molecule has 1 N–H and O–H groups in total. The van der Waals surface area contributed by atoms with Crippen molar-refractivity contribution in [3.8, 4) is 11.3 Å². The molecule has 0 radical (unpaired) electrons. The third-order valence-electron chi connectivity index (χ3n) is 5.22. The number of ether oxygens (including phenoxy) is 1. The van der Waals surface area contributed by atoms with Crippen molar-refractivity contribution in [3.63, 3.8) is 0 Å². The topological polar surface area (TPSA) is 91.0 Å². The van der Waals surface area contributed by atoms with Gasteiger partial charge in [-0.05, 0) is 24.1 Å². The summed E-state index contributed by atoms with van der Waals surface area (Å²) < 4.78 is 7.99. The second-order valence-corrected chi connectivity index (χ2v) is 7.60. The fraction of sp³-hybridized carbons (Fsp3) is 0.200. The molecule has 0 unspecified atom stereocenters. The Balaban J connectivity index is 1.66. The Kier molecular flexibility index (Phi) is 6.75. The SMILES string of the molecule is COCCn1nc(C(=O)Nc2cc(-c3ccccc3C)nn2Cc2ccccc2)ccc1=O. The summed E-state index contributed by atoms with van der Waals surface area (Å²) in [6.45, 7) is 3.10. The number of carbonyl (C=O) groups excluding carboxylic acids is 1. The van der Waals surface area contributed by atoms with E-state index in [1.54, 1.807) is 11.8 Å². The minimum Gasteiger partial charge on any atom is -0.383 e. The average Bonchev–Trinajstić information content (AvgIpc) is 3.21. The Morgan fingerprint density at radius 1 is 0.970 bits per heavy atom. The molecule has 8 heteroatoms. The summed E-state index contributed by atoms with van der Waals surface area (Å²) >= 11 is 0. The van der Waals surface area contributed by atoms with Gasteiger partial charge in [-0.3, -0.25) is 9.59 Å². The average molecular weight is 444 g/mol. The normalized spacial score (nSPS) is 10.8. The monoisotopic (exact) mass is 443 g/mol. The quantitative estimate of drug-likeness (QED) is 0.451. The Labute approximate surface area is 191 Å². The number of rotatable bonds is 8.